The van der Waals surface area contributed by atoms with E-state index in [9.17, 15) is 0 Å². The largest absolute Gasteiger partial charge is 0.250 e. The van der Waals surface area contributed by atoms with Gasteiger partial charge in [-0.1, -0.05) is 35.9 Å². The lowest BCUT2D eigenvalue weighted by atomic mass is 10.1. The molecule has 1 N–H and O–H groups in total. The summed E-state index contributed by atoms with van der Waals surface area (Å²) in [5.41, 5.74) is 3.16. The highest BCUT2D eigenvalue weighted by molar-refractivity contribution is 7.98. The standard InChI is InChI=1S/C17H16N4S2/c1-12-4-3-5-14(10-12)16-19-20-17(22)21(16)18-11-13-6-8-15(23-2)9-7-13/h3-11H,1-2H3,(H,20,22)/b18-11-. The molecule has 116 valence electrons. The fraction of sp³-hybridized carbons (Fsp3) is 0.118. The lowest BCUT2D eigenvalue weighted by Gasteiger charge is -2.02. The van der Waals surface area contributed by atoms with Gasteiger partial charge in [0.15, 0.2) is 5.82 Å². The summed E-state index contributed by atoms with van der Waals surface area (Å²) in [7, 11) is 0. The van der Waals surface area contributed by atoms with Gasteiger partial charge in [-0.05, 0) is 49.2 Å². The Labute approximate surface area is 144 Å². The van der Waals surface area contributed by atoms with E-state index < -0.39 is 0 Å². The van der Waals surface area contributed by atoms with E-state index >= 15 is 0 Å². The van der Waals surface area contributed by atoms with Crippen molar-refractivity contribution in [3.05, 3.63) is 64.4 Å². The zero-order chi connectivity index (χ0) is 16.2. The predicted molar refractivity (Wildman–Crippen MR) is 98.8 cm³/mol. The summed E-state index contributed by atoms with van der Waals surface area (Å²) in [5, 5.41) is 11.6. The van der Waals surface area contributed by atoms with Crippen molar-refractivity contribution >= 4 is 30.2 Å². The molecule has 1 heterocycles. The second kappa shape index (κ2) is 6.93. The first-order valence-electron chi connectivity index (χ1n) is 7.10. The highest BCUT2D eigenvalue weighted by Gasteiger charge is 2.07. The minimum atomic E-state index is 0.471. The molecule has 1 aromatic heterocycles. The van der Waals surface area contributed by atoms with Crippen LogP contribution in [0.25, 0.3) is 11.4 Å². The molecule has 3 rings (SSSR count). The van der Waals surface area contributed by atoms with Crippen molar-refractivity contribution in [3.8, 4) is 11.4 Å². The number of aromatic nitrogens is 3. The lowest BCUT2D eigenvalue weighted by Crippen LogP contribution is -1.95. The molecule has 0 spiro atoms. The van der Waals surface area contributed by atoms with Crippen LogP contribution in [0.4, 0.5) is 0 Å². The van der Waals surface area contributed by atoms with Gasteiger partial charge in [-0.2, -0.15) is 14.9 Å². The summed E-state index contributed by atoms with van der Waals surface area (Å²) < 4.78 is 2.12. The molecule has 0 aliphatic carbocycles. The van der Waals surface area contributed by atoms with E-state index in [0.717, 1.165) is 11.1 Å². The second-order valence-electron chi connectivity index (χ2n) is 5.05. The van der Waals surface area contributed by atoms with Crippen LogP contribution >= 0.6 is 24.0 Å². The Morgan fingerprint density at radius 3 is 2.70 bits per heavy atom. The molecule has 0 bridgehead atoms. The van der Waals surface area contributed by atoms with E-state index in [1.165, 1.54) is 10.5 Å². The SMILES string of the molecule is CSc1ccc(/C=N\n2c(-c3cccc(C)c3)n[nH]c2=S)cc1. The van der Waals surface area contributed by atoms with Crippen molar-refractivity contribution in [2.24, 2.45) is 5.10 Å². The van der Waals surface area contributed by atoms with Gasteiger partial charge in [0.05, 0.1) is 6.21 Å². The summed E-state index contributed by atoms with van der Waals surface area (Å²) in [6, 6.07) is 16.3. The smallest absolute Gasteiger partial charge is 0.216 e. The summed E-state index contributed by atoms with van der Waals surface area (Å²) >= 11 is 7.00. The van der Waals surface area contributed by atoms with Gasteiger partial charge in [0.25, 0.3) is 0 Å². The fourth-order valence-electron chi connectivity index (χ4n) is 2.18. The van der Waals surface area contributed by atoms with Crippen LogP contribution < -0.4 is 0 Å². The highest BCUT2D eigenvalue weighted by atomic mass is 32.2. The van der Waals surface area contributed by atoms with Crippen molar-refractivity contribution in [2.45, 2.75) is 11.8 Å². The maximum Gasteiger partial charge on any atom is 0.216 e. The summed E-state index contributed by atoms with van der Waals surface area (Å²) in [6.45, 7) is 2.05. The summed E-state index contributed by atoms with van der Waals surface area (Å²) in [4.78, 5) is 1.22. The minimum Gasteiger partial charge on any atom is -0.250 e. The number of nitrogens with zero attached hydrogens (tertiary/aromatic N) is 3. The van der Waals surface area contributed by atoms with Crippen LogP contribution in [-0.2, 0) is 0 Å². The third-order valence-electron chi connectivity index (χ3n) is 3.36. The van der Waals surface area contributed by atoms with Gasteiger partial charge in [-0.15, -0.1) is 11.8 Å². The molecule has 0 atom stereocenters. The van der Waals surface area contributed by atoms with E-state index in [4.69, 9.17) is 12.2 Å². The van der Waals surface area contributed by atoms with Crippen LogP contribution in [0.15, 0.2) is 58.5 Å². The number of rotatable bonds is 4. The zero-order valence-corrected chi connectivity index (χ0v) is 14.5. The van der Waals surface area contributed by atoms with E-state index in [1.807, 2.05) is 37.3 Å². The molecule has 0 aliphatic rings. The summed E-state index contributed by atoms with van der Waals surface area (Å²) in [5.74, 6) is 0.704. The molecule has 3 aromatic rings. The van der Waals surface area contributed by atoms with Gasteiger partial charge in [0.1, 0.15) is 0 Å². The number of thioether (sulfide) groups is 1. The zero-order valence-electron chi connectivity index (χ0n) is 12.9. The van der Waals surface area contributed by atoms with E-state index in [2.05, 4.69) is 39.8 Å². The van der Waals surface area contributed by atoms with Crippen molar-refractivity contribution < 1.29 is 0 Å². The molecule has 0 saturated heterocycles. The van der Waals surface area contributed by atoms with Gasteiger partial charge in [0, 0.05) is 10.5 Å². The normalized spacial score (nSPS) is 11.2. The molecule has 4 nitrogen and oxygen atoms in total. The van der Waals surface area contributed by atoms with Crippen molar-refractivity contribution in [2.75, 3.05) is 6.26 Å². The van der Waals surface area contributed by atoms with Crippen molar-refractivity contribution in [3.63, 3.8) is 0 Å². The summed E-state index contributed by atoms with van der Waals surface area (Å²) in [6.07, 6.45) is 3.84. The number of aryl methyl sites for hydroxylation is 1. The molecule has 2 aromatic carbocycles. The Morgan fingerprint density at radius 1 is 1.22 bits per heavy atom. The Kier molecular flexibility index (Phi) is 4.73. The topological polar surface area (TPSA) is 46.0 Å². The van der Waals surface area contributed by atoms with Crippen molar-refractivity contribution in [1.82, 2.24) is 14.9 Å². The van der Waals surface area contributed by atoms with Gasteiger partial charge >= 0.3 is 0 Å². The maximum absolute atomic E-state index is 5.29. The predicted octanol–water partition coefficient (Wildman–Crippen LogP) is 4.52. The monoisotopic (exact) mass is 340 g/mol. The average molecular weight is 340 g/mol. The van der Waals surface area contributed by atoms with Crippen LogP contribution in [0.5, 0.6) is 0 Å². The quantitative estimate of drug-likeness (QED) is 0.431. The van der Waals surface area contributed by atoms with E-state index in [-0.39, 0.29) is 0 Å². The third-order valence-corrected chi connectivity index (χ3v) is 4.37. The first kappa shape index (κ1) is 15.7. The number of hydrogen-bond donors (Lipinski definition) is 1. The Morgan fingerprint density at radius 2 is 2.00 bits per heavy atom. The van der Waals surface area contributed by atoms with Gasteiger partial charge in [0.2, 0.25) is 4.77 Å². The molecular weight excluding hydrogens is 324 g/mol. The molecule has 0 radical (unpaired) electrons. The first-order valence-corrected chi connectivity index (χ1v) is 8.73. The Hall–Kier alpha value is -2.18. The van der Waals surface area contributed by atoms with Crippen LogP contribution in [0, 0.1) is 11.7 Å². The molecule has 23 heavy (non-hydrogen) atoms. The molecule has 0 amide bonds. The average Bonchev–Trinajstić information content (AvgIpc) is 2.94. The second-order valence-corrected chi connectivity index (χ2v) is 6.32. The van der Waals surface area contributed by atoms with E-state index in [1.54, 1.807) is 22.7 Å². The highest BCUT2D eigenvalue weighted by Crippen LogP contribution is 2.18. The van der Waals surface area contributed by atoms with Gasteiger partial charge in [-0.3, -0.25) is 0 Å². The van der Waals surface area contributed by atoms with Crippen LogP contribution in [0.2, 0.25) is 0 Å². The number of benzene rings is 2. The Balaban J connectivity index is 1.95. The van der Waals surface area contributed by atoms with E-state index in [0.29, 0.717) is 10.6 Å². The number of aromatic amines is 1. The third kappa shape index (κ3) is 3.60. The number of hydrogen-bond acceptors (Lipinski definition) is 4. The number of nitrogens with one attached hydrogen (secondary N) is 1. The van der Waals surface area contributed by atoms with Crippen LogP contribution in [0.3, 0.4) is 0 Å². The molecular formula is C17H16N4S2. The van der Waals surface area contributed by atoms with Crippen LogP contribution in [-0.4, -0.2) is 27.3 Å². The fourth-order valence-corrected chi connectivity index (χ4v) is 2.77. The molecule has 0 aliphatic heterocycles. The molecule has 0 fully saturated rings. The van der Waals surface area contributed by atoms with Crippen molar-refractivity contribution in [1.29, 1.82) is 0 Å². The number of H-pyrrole nitrogens is 1. The Bertz CT molecular complexity index is 891. The maximum atomic E-state index is 5.29. The minimum absolute atomic E-state index is 0.471. The molecule has 0 saturated carbocycles. The lowest BCUT2D eigenvalue weighted by molar-refractivity contribution is 0.871. The van der Waals surface area contributed by atoms with Gasteiger partial charge < -0.3 is 0 Å². The van der Waals surface area contributed by atoms with Gasteiger partial charge in [-0.25, -0.2) is 5.10 Å². The first-order chi connectivity index (χ1) is 11.2. The molecule has 6 heteroatoms. The molecule has 0 unspecified atom stereocenters. The van der Waals surface area contributed by atoms with Crippen LogP contribution in [0.1, 0.15) is 11.1 Å².